The first-order valence-corrected chi connectivity index (χ1v) is 8.08. The summed E-state index contributed by atoms with van der Waals surface area (Å²) in [5.74, 6) is 0.156. The zero-order chi connectivity index (χ0) is 16.8. The summed E-state index contributed by atoms with van der Waals surface area (Å²) in [6.07, 6.45) is 4.88. The molecular formula is C18H19BrN2O2. The van der Waals surface area contributed by atoms with Gasteiger partial charge < -0.3 is 9.77 Å². The second-order valence-corrected chi connectivity index (χ2v) is 6.31. The third-order valence-corrected chi connectivity index (χ3v) is 4.30. The number of aryl methyl sites for hydroxylation is 1. The van der Waals surface area contributed by atoms with E-state index in [2.05, 4.69) is 27.7 Å². The van der Waals surface area contributed by atoms with E-state index in [4.69, 9.17) is 0 Å². The van der Waals surface area contributed by atoms with E-state index in [1.54, 1.807) is 19.3 Å². The van der Waals surface area contributed by atoms with Crippen LogP contribution in [0.3, 0.4) is 0 Å². The molecule has 2 aromatic rings. The number of allylic oxidation sites excluding steroid dienone is 1. The minimum Gasteiger partial charge on any atom is -0.411 e. The number of hydrogen-bond acceptors (Lipinski definition) is 3. The van der Waals surface area contributed by atoms with E-state index < -0.39 is 0 Å². The van der Waals surface area contributed by atoms with Crippen LogP contribution in [0.25, 0.3) is 0 Å². The largest absolute Gasteiger partial charge is 0.411 e. The van der Waals surface area contributed by atoms with Gasteiger partial charge >= 0.3 is 0 Å². The van der Waals surface area contributed by atoms with E-state index in [1.807, 2.05) is 30.3 Å². The number of rotatable bonds is 6. The van der Waals surface area contributed by atoms with Crippen molar-refractivity contribution in [1.82, 2.24) is 4.57 Å². The molecule has 1 aromatic carbocycles. The highest BCUT2D eigenvalue weighted by molar-refractivity contribution is 9.10. The molecule has 2 rings (SSSR count). The fourth-order valence-corrected chi connectivity index (χ4v) is 2.75. The Bertz CT molecular complexity index is 763. The lowest BCUT2D eigenvalue weighted by molar-refractivity contribution is 0.317. The van der Waals surface area contributed by atoms with Crippen LogP contribution in [0.15, 0.2) is 69.7 Å². The van der Waals surface area contributed by atoms with Crippen molar-refractivity contribution >= 4 is 21.6 Å². The maximum atomic E-state index is 11.5. The van der Waals surface area contributed by atoms with Gasteiger partial charge in [0, 0.05) is 35.8 Å². The molecule has 0 aliphatic heterocycles. The lowest BCUT2D eigenvalue weighted by atomic mass is 9.89. The van der Waals surface area contributed by atoms with E-state index >= 15 is 0 Å². The SMILES string of the molecule is C=CCC(CC(=NO)c1ccc(=O)n(C)c1)c1ccc(Br)cc1. The first kappa shape index (κ1) is 17.2. The summed E-state index contributed by atoms with van der Waals surface area (Å²) < 4.78 is 2.50. The van der Waals surface area contributed by atoms with Crippen LogP contribution in [0.4, 0.5) is 0 Å². The van der Waals surface area contributed by atoms with Crippen LogP contribution in [0.2, 0.25) is 0 Å². The Morgan fingerprint density at radius 3 is 2.61 bits per heavy atom. The minimum atomic E-state index is -0.0957. The molecule has 1 N–H and O–H groups in total. The molecule has 0 aliphatic rings. The lowest BCUT2D eigenvalue weighted by Gasteiger charge is -2.17. The van der Waals surface area contributed by atoms with E-state index in [9.17, 15) is 10.0 Å². The molecule has 1 unspecified atom stereocenters. The molecule has 1 atom stereocenters. The number of aromatic nitrogens is 1. The van der Waals surface area contributed by atoms with Crippen molar-refractivity contribution in [3.05, 3.63) is 81.2 Å². The van der Waals surface area contributed by atoms with Gasteiger partial charge in [0.15, 0.2) is 0 Å². The fraction of sp³-hybridized carbons (Fsp3) is 0.222. The number of pyridine rings is 1. The van der Waals surface area contributed by atoms with Gasteiger partial charge in [-0.05, 0) is 36.1 Å². The second-order valence-electron chi connectivity index (χ2n) is 5.39. The predicted octanol–water partition coefficient (Wildman–Crippen LogP) is 4.08. The van der Waals surface area contributed by atoms with Crippen LogP contribution in [-0.2, 0) is 7.05 Å². The van der Waals surface area contributed by atoms with Crippen LogP contribution in [-0.4, -0.2) is 15.5 Å². The van der Waals surface area contributed by atoms with Crippen molar-refractivity contribution in [1.29, 1.82) is 0 Å². The molecule has 0 spiro atoms. The standard InChI is InChI=1S/C18H19BrN2O2/c1-3-4-14(13-5-8-16(19)9-6-13)11-17(20-23)15-7-10-18(22)21(2)12-15/h3,5-10,12,14,23H,1,4,11H2,2H3. The molecule has 1 heterocycles. The molecule has 0 bridgehead atoms. The van der Waals surface area contributed by atoms with Crippen LogP contribution in [0, 0.1) is 0 Å². The molecule has 0 saturated heterocycles. The lowest BCUT2D eigenvalue weighted by Crippen LogP contribution is -2.17. The van der Waals surface area contributed by atoms with Crippen molar-refractivity contribution in [2.45, 2.75) is 18.8 Å². The summed E-state index contributed by atoms with van der Waals surface area (Å²) in [6, 6.07) is 11.2. The van der Waals surface area contributed by atoms with Crippen LogP contribution >= 0.6 is 15.9 Å². The third-order valence-electron chi connectivity index (χ3n) is 3.77. The van der Waals surface area contributed by atoms with Crippen LogP contribution < -0.4 is 5.56 Å². The zero-order valence-corrected chi connectivity index (χ0v) is 14.5. The Morgan fingerprint density at radius 1 is 1.35 bits per heavy atom. The van der Waals surface area contributed by atoms with Gasteiger partial charge in [-0.2, -0.15) is 0 Å². The Balaban J connectivity index is 2.29. The van der Waals surface area contributed by atoms with Gasteiger partial charge in [0.05, 0.1) is 5.71 Å². The van der Waals surface area contributed by atoms with E-state index in [0.29, 0.717) is 12.1 Å². The fourth-order valence-electron chi connectivity index (χ4n) is 2.49. The van der Waals surface area contributed by atoms with Gasteiger partial charge in [0.1, 0.15) is 0 Å². The average Bonchev–Trinajstić information content (AvgIpc) is 2.55. The van der Waals surface area contributed by atoms with Crippen LogP contribution in [0.1, 0.15) is 29.9 Å². The van der Waals surface area contributed by atoms with Gasteiger partial charge in [-0.25, -0.2) is 0 Å². The Labute approximate surface area is 143 Å². The molecule has 4 nitrogen and oxygen atoms in total. The number of hydrogen-bond donors (Lipinski definition) is 1. The molecule has 1 aromatic heterocycles. The normalized spacial score (nSPS) is 12.9. The summed E-state index contributed by atoms with van der Waals surface area (Å²) in [5.41, 5.74) is 2.34. The van der Waals surface area contributed by atoms with E-state index in [-0.39, 0.29) is 11.5 Å². The predicted molar refractivity (Wildman–Crippen MR) is 96.3 cm³/mol. The summed E-state index contributed by atoms with van der Waals surface area (Å²) in [4.78, 5) is 11.5. The van der Waals surface area contributed by atoms with Crippen molar-refractivity contribution in [3.63, 3.8) is 0 Å². The second kappa shape index (κ2) is 7.92. The molecule has 0 fully saturated rings. The summed E-state index contributed by atoms with van der Waals surface area (Å²) in [5, 5.41) is 12.9. The number of benzene rings is 1. The molecule has 0 radical (unpaired) electrons. The number of halogens is 1. The van der Waals surface area contributed by atoms with Gasteiger partial charge in [0.25, 0.3) is 0 Å². The maximum Gasteiger partial charge on any atom is 0.250 e. The van der Waals surface area contributed by atoms with Gasteiger partial charge in [-0.15, -0.1) is 6.58 Å². The highest BCUT2D eigenvalue weighted by Crippen LogP contribution is 2.27. The van der Waals surface area contributed by atoms with E-state index in [0.717, 1.165) is 22.0 Å². The average molecular weight is 375 g/mol. The molecule has 0 amide bonds. The number of oxime groups is 1. The molecule has 0 aliphatic carbocycles. The van der Waals surface area contributed by atoms with Crippen molar-refractivity contribution in [2.75, 3.05) is 0 Å². The highest BCUT2D eigenvalue weighted by Gasteiger charge is 2.16. The Hall–Kier alpha value is -2.14. The van der Waals surface area contributed by atoms with Crippen molar-refractivity contribution in [3.8, 4) is 0 Å². The summed E-state index contributed by atoms with van der Waals surface area (Å²) >= 11 is 3.43. The van der Waals surface area contributed by atoms with Crippen molar-refractivity contribution in [2.24, 2.45) is 12.2 Å². The highest BCUT2D eigenvalue weighted by atomic mass is 79.9. The number of nitrogens with zero attached hydrogens (tertiary/aromatic N) is 2. The first-order valence-electron chi connectivity index (χ1n) is 7.29. The summed E-state index contributed by atoms with van der Waals surface area (Å²) in [7, 11) is 1.68. The Morgan fingerprint density at radius 2 is 2.04 bits per heavy atom. The topological polar surface area (TPSA) is 54.6 Å². The minimum absolute atomic E-state index is 0.0957. The Kier molecular flexibility index (Phi) is 5.93. The van der Waals surface area contributed by atoms with Crippen molar-refractivity contribution < 1.29 is 5.21 Å². The van der Waals surface area contributed by atoms with Gasteiger partial charge in [-0.3, -0.25) is 4.79 Å². The van der Waals surface area contributed by atoms with Gasteiger partial charge in [-0.1, -0.05) is 39.3 Å². The molecule has 23 heavy (non-hydrogen) atoms. The quantitative estimate of drug-likeness (QED) is 0.358. The zero-order valence-electron chi connectivity index (χ0n) is 12.9. The van der Waals surface area contributed by atoms with Gasteiger partial charge in [0.2, 0.25) is 5.56 Å². The monoisotopic (exact) mass is 374 g/mol. The summed E-state index contributed by atoms with van der Waals surface area (Å²) in [6.45, 7) is 3.82. The molecule has 5 heteroatoms. The molecule has 120 valence electrons. The first-order chi connectivity index (χ1) is 11.0. The smallest absolute Gasteiger partial charge is 0.250 e. The third kappa shape index (κ3) is 4.42. The van der Waals surface area contributed by atoms with E-state index in [1.165, 1.54) is 10.6 Å². The molecule has 0 saturated carbocycles. The van der Waals surface area contributed by atoms with Crippen LogP contribution in [0.5, 0.6) is 0 Å². The molecular weight excluding hydrogens is 356 g/mol. The maximum absolute atomic E-state index is 11.5.